The fraction of sp³-hybridized carbons (Fsp3) is 0.957. The molecule has 0 saturated carbocycles. The van der Waals surface area contributed by atoms with Crippen LogP contribution in [0.4, 0.5) is 0 Å². The van der Waals surface area contributed by atoms with Gasteiger partial charge in [0.2, 0.25) is 0 Å². The fourth-order valence-corrected chi connectivity index (χ4v) is 4.55. The van der Waals surface area contributed by atoms with Crippen molar-refractivity contribution in [2.24, 2.45) is 0 Å². The van der Waals surface area contributed by atoms with Crippen molar-refractivity contribution >= 4 is 16.1 Å². The highest BCUT2D eigenvalue weighted by molar-refractivity contribution is 7.85. The molecular formula is C23H49N2O5S+. The van der Waals surface area contributed by atoms with E-state index in [-0.39, 0.29) is 17.3 Å². The lowest BCUT2D eigenvalue weighted by atomic mass is 9.88. The lowest BCUT2D eigenvalue weighted by Gasteiger charge is -2.53. The second-order valence-corrected chi connectivity index (χ2v) is 11.7. The second-order valence-electron chi connectivity index (χ2n) is 10.1. The van der Waals surface area contributed by atoms with Crippen LogP contribution in [0.15, 0.2) is 0 Å². The minimum absolute atomic E-state index is 0.0951. The summed E-state index contributed by atoms with van der Waals surface area (Å²) in [5, 5.41) is 13.5. The molecule has 0 rings (SSSR count). The maximum absolute atomic E-state index is 12.2. The number of carbonyl (C=O) groups is 1. The summed E-state index contributed by atoms with van der Waals surface area (Å²) in [6.45, 7) is 8.69. The van der Waals surface area contributed by atoms with Gasteiger partial charge in [0.05, 0.1) is 19.8 Å². The normalized spacial score (nSPS) is 15.1. The fourth-order valence-electron chi connectivity index (χ4n) is 4.05. The number of likely N-dealkylation sites (N-methyl/N-ethyl adjacent to an activating group) is 1. The van der Waals surface area contributed by atoms with Crippen LogP contribution in [-0.4, -0.2) is 66.1 Å². The van der Waals surface area contributed by atoms with E-state index >= 15 is 0 Å². The SMILES string of the molecule is CCCCCCCCCCCCNC(C)(C)[N+](C)(C)C(C)(CCCS(=O)(=O)O)C(=O)O. The summed E-state index contributed by atoms with van der Waals surface area (Å²) in [6, 6.07) is 0. The van der Waals surface area contributed by atoms with Gasteiger partial charge in [0.25, 0.3) is 10.1 Å². The quantitative estimate of drug-likeness (QED) is 0.109. The second kappa shape index (κ2) is 13.8. The predicted octanol–water partition coefficient (Wildman–Crippen LogP) is 4.82. The van der Waals surface area contributed by atoms with E-state index in [1.54, 1.807) is 6.92 Å². The van der Waals surface area contributed by atoms with Crippen molar-refractivity contribution in [1.29, 1.82) is 0 Å². The van der Waals surface area contributed by atoms with E-state index in [4.69, 9.17) is 4.55 Å². The van der Waals surface area contributed by atoms with Crippen LogP contribution in [-0.2, 0) is 14.9 Å². The highest BCUT2D eigenvalue weighted by Gasteiger charge is 2.55. The zero-order valence-electron chi connectivity index (χ0n) is 20.9. The summed E-state index contributed by atoms with van der Waals surface area (Å²) in [4.78, 5) is 12.2. The lowest BCUT2D eigenvalue weighted by Crippen LogP contribution is -2.75. The summed E-state index contributed by atoms with van der Waals surface area (Å²) < 4.78 is 31.2. The van der Waals surface area contributed by atoms with Gasteiger partial charge in [-0.1, -0.05) is 64.7 Å². The Bertz CT molecular complexity index is 619. The van der Waals surface area contributed by atoms with E-state index in [1.807, 2.05) is 27.9 Å². The summed E-state index contributed by atoms with van der Waals surface area (Å²) >= 11 is 0. The van der Waals surface area contributed by atoms with Gasteiger partial charge in [0, 0.05) is 33.7 Å². The van der Waals surface area contributed by atoms with Gasteiger partial charge in [-0.15, -0.1) is 0 Å². The molecule has 8 heteroatoms. The number of hydrogen-bond donors (Lipinski definition) is 3. The molecule has 0 bridgehead atoms. The van der Waals surface area contributed by atoms with Crippen LogP contribution >= 0.6 is 0 Å². The van der Waals surface area contributed by atoms with Crippen molar-refractivity contribution in [1.82, 2.24) is 5.32 Å². The van der Waals surface area contributed by atoms with Crippen molar-refractivity contribution in [3.63, 3.8) is 0 Å². The average Bonchev–Trinajstić information content (AvgIpc) is 2.64. The zero-order valence-corrected chi connectivity index (χ0v) is 21.7. The van der Waals surface area contributed by atoms with Crippen LogP contribution in [0.5, 0.6) is 0 Å². The number of carboxylic acids is 1. The third kappa shape index (κ3) is 10.6. The molecule has 0 aliphatic carbocycles. The van der Waals surface area contributed by atoms with Gasteiger partial charge in [0.1, 0.15) is 5.66 Å². The number of carboxylic acid groups (broad SMARTS) is 1. The maximum Gasteiger partial charge on any atom is 0.365 e. The molecule has 0 heterocycles. The Hall–Kier alpha value is -0.700. The smallest absolute Gasteiger partial charge is 0.365 e. The van der Waals surface area contributed by atoms with Crippen LogP contribution in [0.1, 0.15) is 105 Å². The molecular weight excluding hydrogens is 416 g/mol. The molecule has 0 aromatic carbocycles. The van der Waals surface area contributed by atoms with Crippen molar-refractivity contribution < 1.29 is 27.4 Å². The Balaban J connectivity index is 4.54. The average molecular weight is 466 g/mol. The Kier molecular flexibility index (Phi) is 13.4. The minimum atomic E-state index is -4.10. The molecule has 0 radical (unpaired) electrons. The minimum Gasteiger partial charge on any atom is -0.477 e. The van der Waals surface area contributed by atoms with Crippen LogP contribution in [0.3, 0.4) is 0 Å². The van der Waals surface area contributed by atoms with Gasteiger partial charge in [-0.25, -0.2) is 4.79 Å². The summed E-state index contributed by atoms with van der Waals surface area (Å²) in [7, 11) is -0.366. The van der Waals surface area contributed by atoms with Crippen LogP contribution in [0.2, 0.25) is 0 Å². The first kappa shape index (κ1) is 30.3. The molecule has 1 atom stereocenters. The Morgan fingerprint density at radius 3 is 1.74 bits per heavy atom. The molecule has 1 unspecified atom stereocenters. The van der Waals surface area contributed by atoms with Crippen molar-refractivity contribution in [2.45, 2.75) is 116 Å². The first-order chi connectivity index (χ1) is 14.2. The van der Waals surface area contributed by atoms with Crippen molar-refractivity contribution in [3.05, 3.63) is 0 Å². The van der Waals surface area contributed by atoms with E-state index in [9.17, 15) is 18.3 Å². The highest BCUT2D eigenvalue weighted by Crippen LogP contribution is 2.34. The number of quaternary nitrogens is 1. The van der Waals surface area contributed by atoms with E-state index in [0.717, 1.165) is 19.4 Å². The largest absolute Gasteiger partial charge is 0.477 e. The molecule has 3 N–H and O–H groups in total. The first-order valence-electron chi connectivity index (χ1n) is 12.0. The summed E-state index contributed by atoms with van der Waals surface area (Å²) in [6.07, 6.45) is 13.0. The van der Waals surface area contributed by atoms with Crippen LogP contribution < -0.4 is 5.32 Å². The van der Waals surface area contributed by atoms with E-state index in [2.05, 4.69) is 12.2 Å². The zero-order chi connectivity index (χ0) is 24.2. The van der Waals surface area contributed by atoms with Crippen molar-refractivity contribution in [2.75, 3.05) is 26.4 Å². The third-order valence-corrected chi connectivity index (χ3v) is 8.05. The molecule has 0 amide bonds. The summed E-state index contributed by atoms with van der Waals surface area (Å²) in [5.74, 6) is -1.40. The maximum atomic E-state index is 12.2. The number of rotatable bonds is 19. The molecule has 0 aromatic heterocycles. The van der Waals surface area contributed by atoms with Gasteiger partial charge in [-0.3, -0.25) is 14.4 Å². The number of nitrogens with zero attached hydrogens (tertiary/aromatic N) is 1. The van der Waals surface area contributed by atoms with E-state index in [0.29, 0.717) is 0 Å². The lowest BCUT2D eigenvalue weighted by molar-refractivity contribution is -0.978. The summed E-state index contributed by atoms with van der Waals surface area (Å²) in [5.41, 5.74) is -1.72. The Labute approximate surface area is 191 Å². The molecule has 0 spiro atoms. The molecule has 186 valence electrons. The first-order valence-corrected chi connectivity index (χ1v) is 13.6. The Morgan fingerprint density at radius 2 is 1.32 bits per heavy atom. The highest BCUT2D eigenvalue weighted by atomic mass is 32.2. The van der Waals surface area contributed by atoms with Gasteiger partial charge in [-0.05, 0) is 12.8 Å². The van der Waals surface area contributed by atoms with Gasteiger partial charge in [-0.2, -0.15) is 8.42 Å². The molecule has 7 nitrogen and oxygen atoms in total. The molecule has 0 aliphatic heterocycles. The number of hydrogen-bond acceptors (Lipinski definition) is 4. The third-order valence-electron chi connectivity index (χ3n) is 7.25. The molecule has 0 saturated heterocycles. The topological polar surface area (TPSA) is 104 Å². The Morgan fingerprint density at radius 1 is 0.871 bits per heavy atom. The number of aliphatic carboxylic acids is 1. The van der Waals surface area contributed by atoms with Gasteiger partial charge in [0.15, 0.2) is 5.54 Å². The molecule has 31 heavy (non-hydrogen) atoms. The number of unbranched alkanes of at least 4 members (excludes halogenated alkanes) is 9. The molecule has 0 fully saturated rings. The number of nitrogens with one attached hydrogen (secondary N) is 1. The van der Waals surface area contributed by atoms with Gasteiger partial charge < -0.3 is 5.11 Å². The monoisotopic (exact) mass is 465 g/mol. The van der Waals surface area contributed by atoms with Crippen LogP contribution in [0, 0.1) is 0 Å². The van der Waals surface area contributed by atoms with E-state index < -0.39 is 33.0 Å². The molecule has 0 aromatic rings. The van der Waals surface area contributed by atoms with E-state index in [1.165, 1.54) is 51.4 Å². The van der Waals surface area contributed by atoms with Gasteiger partial charge >= 0.3 is 5.97 Å². The predicted molar refractivity (Wildman–Crippen MR) is 128 cm³/mol. The standard InChI is InChI=1S/C23H48N2O5S/c1-7-8-9-10-11-12-13-14-15-16-19-24-22(2,3)25(5,6)23(4,21(26)27)18-17-20-31(28,29)30/h24H,7-20H2,1-6H3,(H-,26,27,28,29,30)/p+1. The van der Waals surface area contributed by atoms with Crippen LogP contribution in [0.25, 0.3) is 0 Å². The molecule has 0 aliphatic rings. The van der Waals surface area contributed by atoms with Crippen molar-refractivity contribution in [3.8, 4) is 0 Å².